The molecule has 2 aliphatic carbocycles. The van der Waals surface area contributed by atoms with E-state index in [0.717, 1.165) is 18.1 Å². The number of aryl methyl sites for hydroxylation is 1. The summed E-state index contributed by atoms with van der Waals surface area (Å²) in [7, 11) is 0. The SMILES string of the molecule is Nc1cc(NC2CCCc3sccc32)nc(C2CC2)n1. The zero-order valence-electron chi connectivity index (χ0n) is 11.3. The van der Waals surface area contributed by atoms with Gasteiger partial charge in [-0.05, 0) is 49.1 Å². The monoisotopic (exact) mass is 286 g/mol. The second-order valence-corrected chi connectivity index (χ2v) is 6.70. The summed E-state index contributed by atoms with van der Waals surface area (Å²) in [5, 5.41) is 5.75. The van der Waals surface area contributed by atoms with Crippen LogP contribution in [0.15, 0.2) is 17.5 Å². The van der Waals surface area contributed by atoms with Crippen molar-refractivity contribution in [3.63, 3.8) is 0 Å². The maximum Gasteiger partial charge on any atom is 0.136 e. The molecule has 4 rings (SSSR count). The van der Waals surface area contributed by atoms with Crippen LogP contribution in [-0.4, -0.2) is 9.97 Å². The molecule has 0 bridgehead atoms. The number of thiophene rings is 1. The zero-order chi connectivity index (χ0) is 13.5. The molecule has 3 N–H and O–H groups in total. The third-order valence-electron chi connectivity index (χ3n) is 4.08. The van der Waals surface area contributed by atoms with Gasteiger partial charge in [-0.1, -0.05) is 0 Å². The number of nitrogen functional groups attached to an aromatic ring is 1. The van der Waals surface area contributed by atoms with Crippen LogP contribution < -0.4 is 11.1 Å². The molecule has 0 aliphatic heterocycles. The standard InChI is InChI=1S/C15H18N4S/c16-13-8-14(19-15(18-13)9-4-5-9)17-11-2-1-3-12-10(11)6-7-20-12/h6-9,11H,1-5H2,(H3,16,17,18,19). The summed E-state index contributed by atoms with van der Waals surface area (Å²) in [6.07, 6.45) is 6.00. The minimum absolute atomic E-state index is 0.367. The van der Waals surface area contributed by atoms with Crippen molar-refractivity contribution in [2.45, 2.75) is 44.1 Å². The Labute approximate surface area is 122 Å². The number of nitrogens with one attached hydrogen (secondary N) is 1. The normalized spacial score (nSPS) is 21.5. The highest BCUT2D eigenvalue weighted by molar-refractivity contribution is 7.10. The predicted molar refractivity (Wildman–Crippen MR) is 82.0 cm³/mol. The number of anilines is 2. The first-order valence-electron chi connectivity index (χ1n) is 7.27. The maximum atomic E-state index is 5.92. The van der Waals surface area contributed by atoms with Crippen molar-refractivity contribution in [3.05, 3.63) is 33.8 Å². The van der Waals surface area contributed by atoms with Crippen LogP contribution in [0.1, 0.15) is 53.9 Å². The van der Waals surface area contributed by atoms with Crippen LogP contribution in [0.3, 0.4) is 0 Å². The Hall–Kier alpha value is -1.62. The molecule has 1 unspecified atom stereocenters. The molecule has 104 valence electrons. The average Bonchev–Trinajstić information content (AvgIpc) is 3.17. The lowest BCUT2D eigenvalue weighted by Gasteiger charge is -2.24. The lowest BCUT2D eigenvalue weighted by atomic mass is 9.94. The average molecular weight is 286 g/mol. The molecule has 0 spiro atoms. The molecule has 2 aliphatic rings. The first-order chi connectivity index (χ1) is 9.79. The minimum Gasteiger partial charge on any atom is -0.384 e. The Kier molecular flexibility index (Phi) is 2.88. The largest absolute Gasteiger partial charge is 0.384 e. The highest BCUT2D eigenvalue weighted by Crippen LogP contribution is 2.39. The van der Waals surface area contributed by atoms with E-state index in [1.807, 2.05) is 17.4 Å². The molecule has 2 aromatic rings. The van der Waals surface area contributed by atoms with Crippen molar-refractivity contribution in [1.29, 1.82) is 0 Å². The zero-order valence-corrected chi connectivity index (χ0v) is 12.1. The molecule has 1 atom stereocenters. The second kappa shape index (κ2) is 4.74. The van der Waals surface area contributed by atoms with Crippen LogP contribution in [0.2, 0.25) is 0 Å². The van der Waals surface area contributed by atoms with Gasteiger partial charge in [0.1, 0.15) is 17.5 Å². The fourth-order valence-corrected chi connectivity index (χ4v) is 3.89. The Morgan fingerprint density at radius 3 is 3.00 bits per heavy atom. The molecule has 2 aromatic heterocycles. The smallest absolute Gasteiger partial charge is 0.136 e. The molecule has 2 heterocycles. The summed E-state index contributed by atoms with van der Waals surface area (Å²) in [4.78, 5) is 10.5. The van der Waals surface area contributed by atoms with Gasteiger partial charge in [0.15, 0.2) is 0 Å². The molecule has 1 saturated carbocycles. The van der Waals surface area contributed by atoms with Crippen LogP contribution in [0.4, 0.5) is 11.6 Å². The first-order valence-corrected chi connectivity index (χ1v) is 8.15. The van der Waals surface area contributed by atoms with Gasteiger partial charge in [-0.25, -0.2) is 9.97 Å². The minimum atomic E-state index is 0.367. The van der Waals surface area contributed by atoms with Crippen LogP contribution >= 0.6 is 11.3 Å². The number of rotatable bonds is 3. The third-order valence-corrected chi connectivity index (χ3v) is 5.08. The molecule has 5 heteroatoms. The van der Waals surface area contributed by atoms with E-state index in [0.29, 0.717) is 17.8 Å². The van der Waals surface area contributed by atoms with Gasteiger partial charge >= 0.3 is 0 Å². The van der Waals surface area contributed by atoms with Gasteiger partial charge in [-0.15, -0.1) is 11.3 Å². The first kappa shape index (κ1) is 12.1. The van der Waals surface area contributed by atoms with E-state index in [4.69, 9.17) is 5.73 Å². The van der Waals surface area contributed by atoms with Gasteiger partial charge in [0.2, 0.25) is 0 Å². The van der Waals surface area contributed by atoms with Gasteiger partial charge in [0.05, 0.1) is 6.04 Å². The summed E-state index contributed by atoms with van der Waals surface area (Å²) in [6, 6.07) is 4.46. The summed E-state index contributed by atoms with van der Waals surface area (Å²) < 4.78 is 0. The summed E-state index contributed by atoms with van der Waals surface area (Å²) in [5.74, 6) is 2.89. The van der Waals surface area contributed by atoms with Crippen LogP contribution in [-0.2, 0) is 6.42 Å². The van der Waals surface area contributed by atoms with E-state index in [1.54, 1.807) is 0 Å². The van der Waals surface area contributed by atoms with Crippen molar-refractivity contribution in [3.8, 4) is 0 Å². The summed E-state index contributed by atoms with van der Waals surface area (Å²) in [6.45, 7) is 0. The van der Waals surface area contributed by atoms with E-state index < -0.39 is 0 Å². The van der Waals surface area contributed by atoms with Crippen LogP contribution in [0.25, 0.3) is 0 Å². The highest BCUT2D eigenvalue weighted by atomic mass is 32.1. The van der Waals surface area contributed by atoms with Crippen molar-refractivity contribution in [2.75, 3.05) is 11.1 Å². The van der Waals surface area contributed by atoms with Gasteiger partial charge in [0, 0.05) is 16.9 Å². The molecule has 0 radical (unpaired) electrons. The molecule has 4 nitrogen and oxygen atoms in total. The van der Waals surface area contributed by atoms with E-state index >= 15 is 0 Å². The lowest BCUT2D eigenvalue weighted by Crippen LogP contribution is -2.17. The number of aromatic nitrogens is 2. The molecule has 0 saturated heterocycles. The predicted octanol–water partition coefficient (Wildman–Crippen LogP) is 3.49. The number of fused-ring (bicyclic) bond motifs is 1. The molecule has 0 amide bonds. The van der Waals surface area contributed by atoms with Crippen LogP contribution in [0, 0.1) is 0 Å². The summed E-state index contributed by atoms with van der Waals surface area (Å²) in [5.41, 5.74) is 7.35. The Bertz CT molecular complexity index is 633. The number of hydrogen-bond donors (Lipinski definition) is 2. The van der Waals surface area contributed by atoms with Gasteiger partial charge in [0.25, 0.3) is 0 Å². The topological polar surface area (TPSA) is 63.8 Å². The van der Waals surface area contributed by atoms with E-state index in [2.05, 4.69) is 26.7 Å². The van der Waals surface area contributed by atoms with E-state index in [1.165, 1.54) is 36.1 Å². The highest BCUT2D eigenvalue weighted by Gasteiger charge is 2.28. The summed E-state index contributed by atoms with van der Waals surface area (Å²) >= 11 is 1.86. The quantitative estimate of drug-likeness (QED) is 0.906. The number of nitrogens with two attached hydrogens (primary N) is 1. The van der Waals surface area contributed by atoms with Gasteiger partial charge in [-0.2, -0.15) is 0 Å². The Morgan fingerprint density at radius 1 is 1.25 bits per heavy atom. The molecular formula is C15H18N4S. The fraction of sp³-hybridized carbons (Fsp3) is 0.467. The molecule has 1 fully saturated rings. The molecule has 0 aromatic carbocycles. The van der Waals surface area contributed by atoms with Gasteiger partial charge in [-0.3, -0.25) is 0 Å². The maximum absolute atomic E-state index is 5.92. The Morgan fingerprint density at radius 2 is 2.15 bits per heavy atom. The molecular weight excluding hydrogens is 268 g/mol. The van der Waals surface area contributed by atoms with Crippen molar-refractivity contribution in [2.24, 2.45) is 0 Å². The van der Waals surface area contributed by atoms with Crippen molar-refractivity contribution in [1.82, 2.24) is 9.97 Å². The van der Waals surface area contributed by atoms with Crippen molar-refractivity contribution >= 4 is 23.0 Å². The van der Waals surface area contributed by atoms with E-state index in [-0.39, 0.29) is 0 Å². The fourth-order valence-electron chi connectivity index (χ4n) is 2.90. The third kappa shape index (κ3) is 2.26. The van der Waals surface area contributed by atoms with Crippen molar-refractivity contribution < 1.29 is 0 Å². The van der Waals surface area contributed by atoms with Gasteiger partial charge < -0.3 is 11.1 Å². The number of nitrogens with zero attached hydrogens (tertiary/aromatic N) is 2. The Balaban J connectivity index is 1.60. The second-order valence-electron chi connectivity index (χ2n) is 5.70. The molecule has 20 heavy (non-hydrogen) atoms. The lowest BCUT2D eigenvalue weighted by molar-refractivity contribution is 0.606. The number of hydrogen-bond acceptors (Lipinski definition) is 5. The van der Waals surface area contributed by atoms with Crippen LogP contribution in [0.5, 0.6) is 0 Å². The van der Waals surface area contributed by atoms with E-state index in [9.17, 15) is 0 Å².